The second kappa shape index (κ2) is 9.99. The molecule has 10 nitrogen and oxygen atoms in total. The number of aliphatic carboxylic acids is 2. The normalized spacial score (nSPS) is 24.5. The van der Waals surface area contributed by atoms with E-state index in [4.69, 9.17) is 19.7 Å². The average Bonchev–Trinajstić information content (AvgIpc) is 3.41. The number of carbonyl (C=O) groups excluding carboxylic acids is 2. The minimum atomic E-state index is -0.786. The molecule has 0 radical (unpaired) electrons. The third-order valence-electron chi connectivity index (χ3n) is 4.29. The maximum atomic E-state index is 11.2. The van der Waals surface area contributed by atoms with Gasteiger partial charge >= 0.3 is 24.1 Å². The molecular weight excluding hydrogens is 396 g/mol. The number of hydrogen-bond donors (Lipinski definition) is 4. The predicted octanol–water partition coefficient (Wildman–Crippen LogP) is 2.46. The third-order valence-corrected chi connectivity index (χ3v) is 4.29. The summed E-state index contributed by atoms with van der Waals surface area (Å²) in [4.78, 5) is 43.4. The molecule has 2 amide bonds. The van der Waals surface area contributed by atoms with Crippen LogP contribution in [0.4, 0.5) is 9.59 Å². The number of carboxylic acid groups (broad SMARTS) is 2. The summed E-state index contributed by atoms with van der Waals surface area (Å²) in [5.41, 5.74) is -1.03. The van der Waals surface area contributed by atoms with Crippen LogP contribution in [-0.4, -0.2) is 58.6 Å². The predicted molar refractivity (Wildman–Crippen MR) is 107 cm³/mol. The minimum Gasteiger partial charge on any atom is -0.481 e. The number of alkyl carbamates (subject to hydrolysis) is 2. The quantitative estimate of drug-likeness (QED) is 0.501. The average molecular weight is 430 g/mol. The van der Waals surface area contributed by atoms with Gasteiger partial charge in [0.1, 0.15) is 11.2 Å². The van der Waals surface area contributed by atoms with Crippen LogP contribution in [0.15, 0.2) is 0 Å². The first-order valence-corrected chi connectivity index (χ1v) is 9.98. The van der Waals surface area contributed by atoms with E-state index in [1.54, 1.807) is 41.5 Å². The fourth-order valence-electron chi connectivity index (χ4n) is 2.61. The van der Waals surface area contributed by atoms with E-state index < -0.39 is 35.3 Å². The maximum absolute atomic E-state index is 11.2. The highest BCUT2D eigenvalue weighted by Crippen LogP contribution is 2.38. The molecule has 0 saturated heterocycles. The molecular formula is C20H34N2O8. The molecule has 2 aliphatic carbocycles. The Morgan fingerprint density at radius 1 is 0.733 bits per heavy atom. The Hall–Kier alpha value is -2.52. The maximum Gasteiger partial charge on any atom is 0.407 e. The monoisotopic (exact) mass is 430 g/mol. The summed E-state index contributed by atoms with van der Waals surface area (Å²) >= 11 is 0. The zero-order valence-electron chi connectivity index (χ0n) is 18.5. The number of carbonyl (C=O) groups is 4. The van der Waals surface area contributed by atoms with Crippen LogP contribution in [0.2, 0.25) is 0 Å². The largest absolute Gasteiger partial charge is 0.481 e. The van der Waals surface area contributed by atoms with Crippen molar-refractivity contribution in [1.29, 1.82) is 0 Å². The summed E-state index contributed by atoms with van der Waals surface area (Å²) < 4.78 is 10.0. The fraction of sp³-hybridized carbons (Fsp3) is 0.800. The Morgan fingerprint density at radius 2 is 1.03 bits per heavy atom. The Labute approximate surface area is 176 Å². The molecule has 0 aliphatic heterocycles. The third kappa shape index (κ3) is 10.9. The smallest absolute Gasteiger partial charge is 0.407 e. The molecule has 0 bridgehead atoms. The van der Waals surface area contributed by atoms with Gasteiger partial charge in [0.25, 0.3) is 0 Å². The Kier molecular flexibility index (Phi) is 8.50. The highest BCUT2D eigenvalue weighted by molar-refractivity contribution is 5.74. The van der Waals surface area contributed by atoms with Crippen molar-refractivity contribution in [1.82, 2.24) is 10.6 Å². The lowest BCUT2D eigenvalue weighted by Crippen LogP contribution is -2.33. The molecule has 0 spiro atoms. The molecule has 10 heteroatoms. The second-order valence-corrected chi connectivity index (χ2v) is 9.65. The van der Waals surface area contributed by atoms with Crippen molar-refractivity contribution >= 4 is 24.1 Å². The van der Waals surface area contributed by atoms with E-state index in [9.17, 15) is 19.2 Å². The van der Waals surface area contributed by atoms with Crippen LogP contribution in [-0.2, 0) is 19.1 Å². The van der Waals surface area contributed by atoms with Crippen molar-refractivity contribution < 1.29 is 38.9 Å². The van der Waals surface area contributed by atoms with Crippen molar-refractivity contribution in [3.05, 3.63) is 0 Å². The summed E-state index contributed by atoms with van der Waals surface area (Å²) in [5.74, 6) is -2.03. The van der Waals surface area contributed by atoms with Crippen molar-refractivity contribution in [2.75, 3.05) is 13.1 Å². The standard InChI is InChI=1S/2C10H17NO4/c2*1-10(2,3)15-9(14)11-5-6-4-7(6)8(12)13/h2*6-7H,4-5H2,1-3H3,(H,11,14)(H,12,13)/t2*6-,7+/m10/s1. The van der Waals surface area contributed by atoms with Gasteiger partial charge in [-0.15, -0.1) is 0 Å². The van der Waals surface area contributed by atoms with Crippen molar-refractivity contribution in [3.8, 4) is 0 Å². The lowest BCUT2D eigenvalue weighted by Gasteiger charge is -2.19. The van der Waals surface area contributed by atoms with Crippen molar-refractivity contribution in [2.24, 2.45) is 23.7 Å². The fourth-order valence-corrected chi connectivity index (χ4v) is 2.61. The number of carboxylic acids is 2. The first-order valence-electron chi connectivity index (χ1n) is 9.98. The zero-order valence-corrected chi connectivity index (χ0v) is 18.5. The molecule has 0 unspecified atom stereocenters. The number of nitrogens with one attached hydrogen (secondary N) is 2. The van der Waals surface area contributed by atoms with Crippen LogP contribution < -0.4 is 10.6 Å². The van der Waals surface area contributed by atoms with Gasteiger partial charge < -0.3 is 30.3 Å². The Balaban J connectivity index is 0.000000300. The Bertz CT molecular complexity index is 594. The molecule has 2 fully saturated rings. The molecule has 0 aromatic rings. The molecule has 4 atom stereocenters. The molecule has 4 N–H and O–H groups in total. The lowest BCUT2D eigenvalue weighted by molar-refractivity contribution is -0.139. The van der Waals surface area contributed by atoms with E-state index in [1.807, 2.05) is 0 Å². The second-order valence-electron chi connectivity index (χ2n) is 9.65. The molecule has 0 aromatic carbocycles. The van der Waals surface area contributed by atoms with E-state index in [-0.39, 0.29) is 23.7 Å². The van der Waals surface area contributed by atoms with Gasteiger partial charge in [-0.05, 0) is 66.2 Å². The van der Waals surface area contributed by atoms with E-state index in [1.165, 1.54) is 0 Å². The van der Waals surface area contributed by atoms with Gasteiger partial charge in [0, 0.05) is 13.1 Å². The summed E-state index contributed by atoms with van der Waals surface area (Å²) in [6, 6.07) is 0. The Morgan fingerprint density at radius 3 is 1.23 bits per heavy atom. The SMILES string of the molecule is CC(C)(C)OC(=O)NC[C@@H]1C[C@H]1C(=O)O.CC(C)(C)OC(=O)NC[C@H]1C[C@@H]1C(=O)O. The van der Waals surface area contributed by atoms with Gasteiger partial charge in [-0.3, -0.25) is 9.59 Å². The number of ether oxygens (including phenoxy) is 2. The molecule has 30 heavy (non-hydrogen) atoms. The highest BCUT2D eigenvalue weighted by Gasteiger charge is 2.43. The van der Waals surface area contributed by atoms with Crippen LogP contribution >= 0.6 is 0 Å². The number of amides is 2. The van der Waals surface area contributed by atoms with Crippen molar-refractivity contribution in [2.45, 2.75) is 65.6 Å². The van der Waals surface area contributed by atoms with E-state index in [2.05, 4.69) is 10.6 Å². The van der Waals surface area contributed by atoms with Crippen LogP contribution in [0.25, 0.3) is 0 Å². The molecule has 2 aliphatic rings. The highest BCUT2D eigenvalue weighted by atomic mass is 16.6. The minimum absolute atomic E-state index is 0.0648. The number of hydrogen-bond acceptors (Lipinski definition) is 6. The van der Waals surface area contributed by atoms with Gasteiger partial charge in [-0.25, -0.2) is 9.59 Å². The van der Waals surface area contributed by atoms with Crippen molar-refractivity contribution in [3.63, 3.8) is 0 Å². The van der Waals surface area contributed by atoms with Gasteiger partial charge in [0.15, 0.2) is 0 Å². The lowest BCUT2D eigenvalue weighted by atomic mass is 10.2. The molecule has 0 heterocycles. The van der Waals surface area contributed by atoms with E-state index in [0.29, 0.717) is 25.9 Å². The van der Waals surface area contributed by atoms with Crippen LogP contribution in [0.5, 0.6) is 0 Å². The van der Waals surface area contributed by atoms with E-state index >= 15 is 0 Å². The van der Waals surface area contributed by atoms with Crippen LogP contribution in [0.1, 0.15) is 54.4 Å². The van der Waals surface area contributed by atoms with Crippen LogP contribution in [0.3, 0.4) is 0 Å². The molecule has 2 saturated carbocycles. The summed E-state index contributed by atoms with van der Waals surface area (Å²) in [7, 11) is 0. The van der Waals surface area contributed by atoms with Gasteiger partial charge in [0.05, 0.1) is 11.8 Å². The number of rotatable bonds is 6. The van der Waals surface area contributed by atoms with Gasteiger partial charge in [-0.1, -0.05) is 0 Å². The van der Waals surface area contributed by atoms with Gasteiger partial charge in [-0.2, -0.15) is 0 Å². The molecule has 0 aromatic heterocycles. The first kappa shape index (κ1) is 25.5. The summed E-state index contributed by atoms with van der Waals surface area (Å²) in [6.07, 6.45) is 0.313. The summed E-state index contributed by atoms with van der Waals surface area (Å²) in [5, 5.41) is 22.4. The summed E-state index contributed by atoms with van der Waals surface area (Å²) in [6.45, 7) is 11.5. The van der Waals surface area contributed by atoms with Crippen LogP contribution in [0, 0.1) is 23.7 Å². The molecule has 2 rings (SSSR count). The first-order chi connectivity index (χ1) is 13.6. The topological polar surface area (TPSA) is 151 Å². The van der Waals surface area contributed by atoms with Gasteiger partial charge in [0.2, 0.25) is 0 Å². The van der Waals surface area contributed by atoms with E-state index in [0.717, 1.165) is 0 Å². The zero-order chi connectivity index (χ0) is 23.3. The molecule has 172 valence electrons.